The van der Waals surface area contributed by atoms with Crippen molar-refractivity contribution in [2.45, 2.75) is 24.8 Å². The van der Waals surface area contributed by atoms with Crippen molar-refractivity contribution in [1.29, 1.82) is 0 Å². The van der Waals surface area contributed by atoms with Crippen LogP contribution in [0.3, 0.4) is 0 Å². The highest BCUT2D eigenvalue weighted by Gasteiger charge is 2.39. The van der Waals surface area contributed by atoms with Crippen LogP contribution in [0, 0.1) is 0 Å². The van der Waals surface area contributed by atoms with E-state index < -0.39 is 22.0 Å². The topological polar surface area (TPSA) is 93.1 Å². The van der Waals surface area contributed by atoms with Gasteiger partial charge in [-0.25, -0.2) is 8.42 Å². The van der Waals surface area contributed by atoms with Gasteiger partial charge in [0.15, 0.2) is 0 Å². The predicted octanol–water partition coefficient (Wildman–Crippen LogP) is 0.699. The summed E-state index contributed by atoms with van der Waals surface area (Å²) in [6.45, 7) is 1.60. The lowest BCUT2D eigenvalue weighted by Gasteiger charge is -2.35. The van der Waals surface area contributed by atoms with Gasteiger partial charge in [-0.1, -0.05) is 12.1 Å². The average Bonchev–Trinajstić information content (AvgIpc) is 2.46. The van der Waals surface area contributed by atoms with Gasteiger partial charge in [0.1, 0.15) is 11.8 Å². The van der Waals surface area contributed by atoms with Crippen LogP contribution in [0.25, 0.3) is 0 Å². The Balaban J connectivity index is 2.25. The van der Waals surface area contributed by atoms with Crippen molar-refractivity contribution in [1.82, 2.24) is 4.31 Å². The van der Waals surface area contributed by atoms with Crippen LogP contribution < -0.4 is 4.74 Å². The molecule has 1 heterocycles. The number of ether oxygens (including phenoxy) is 2. The summed E-state index contributed by atoms with van der Waals surface area (Å²) in [5.41, 5.74) is 0.544. The lowest BCUT2D eigenvalue weighted by molar-refractivity contribution is -0.148. The van der Waals surface area contributed by atoms with Crippen LogP contribution in [0.5, 0.6) is 5.75 Å². The number of carboxylic acid groups (broad SMARTS) is 1. The molecule has 0 unspecified atom stereocenters. The standard InChI is InChI=1S/C14H19NO6S/c1-10-7-15(13(8-21-10)14(16)17)22(18,19)9-11-4-3-5-12(6-11)20-2/h3-6,10,13H,7-9H2,1-2H3,(H,16,17)/t10-,13+/m1/s1. The molecule has 1 N–H and O–H groups in total. The number of rotatable bonds is 5. The first-order valence-corrected chi connectivity index (χ1v) is 8.41. The molecular formula is C14H19NO6S. The summed E-state index contributed by atoms with van der Waals surface area (Å²) in [6.07, 6.45) is -0.337. The van der Waals surface area contributed by atoms with Crippen molar-refractivity contribution in [3.63, 3.8) is 0 Å². The Bertz CT molecular complexity index is 644. The average molecular weight is 329 g/mol. The minimum absolute atomic E-state index is 0.0310. The molecule has 1 aliphatic heterocycles. The number of benzene rings is 1. The van der Waals surface area contributed by atoms with Crippen molar-refractivity contribution in [2.75, 3.05) is 20.3 Å². The van der Waals surface area contributed by atoms with E-state index in [2.05, 4.69) is 0 Å². The molecule has 0 saturated carbocycles. The number of aliphatic carboxylic acids is 1. The second-order valence-corrected chi connectivity index (χ2v) is 7.10. The maximum Gasteiger partial charge on any atom is 0.324 e. The molecule has 122 valence electrons. The van der Waals surface area contributed by atoms with Crippen LogP contribution in [0.15, 0.2) is 24.3 Å². The van der Waals surface area contributed by atoms with E-state index in [-0.39, 0.29) is 25.0 Å². The maximum absolute atomic E-state index is 12.6. The number of nitrogens with zero attached hydrogens (tertiary/aromatic N) is 1. The smallest absolute Gasteiger partial charge is 0.324 e. The Labute approximate surface area is 129 Å². The van der Waals surface area contributed by atoms with Gasteiger partial charge in [0.2, 0.25) is 10.0 Å². The lowest BCUT2D eigenvalue weighted by Crippen LogP contribution is -2.55. The van der Waals surface area contributed by atoms with Crippen molar-refractivity contribution in [2.24, 2.45) is 0 Å². The first-order chi connectivity index (χ1) is 10.3. The van der Waals surface area contributed by atoms with Gasteiger partial charge < -0.3 is 14.6 Å². The maximum atomic E-state index is 12.6. The van der Waals surface area contributed by atoms with E-state index in [0.717, 1.165) is 4.31 Å². The van der Waals surface area contributed by atoms with E-state index in [4.69, 9.17) is 9.47 Å². The summed E-state index contributed by atoms with van der Waals surface area (Å²) in [5, 5.41) is 9.20. The third-order valence-electron chi connectivity index (χ3n) is 3.45. The van der Waals surface area contributed by atoms with E-state index in [1.807, 2.05) is 0 Å². The molecule has 1 aliphatic rings. The molecule has 22 heavy (non-hydrogen) atoms. The Kier molecular flexibility index (Phi) is 5.05. The quantitative estimate of drug-likeness (QED) is 0.855. The van der Waals surface area contributed by atoms with Gasteiger partial charge >= 0.3 is 5.97 Å². The zero-order chi connectivity index (χ0) is 16.3. The molecule has 0 aliphatic carbocycles. The summed E-state index contributed by atoms with van der Waals surface area (Å²) in [4.78, 5) is 11.3. The number of morpholine rings is 1. The number of carbonyl (C=O) groups is 1. The fraction of sp³-hybridized carbons (Fsp3) is 0.500. The molecule has 1 saturated heterocycles. The van der Waals surface area contributed by atoms with Gasteiger partial charge in [0.25, 0.3) is 0 Å². The lowest BCUT2D eigenvalue weighted by atomic mass is 10.2. The summed E-state index contributed by atoms with van der Waals surface area (Å²) in [6, 6.07) is 5.51. The Morgan fingerprint density at radius 1 is 1.50 bits per heavy atom. The molecule has 0 aromatic heterocycles. The highest BCUT2D eigenvalue weighted by molar-refractivity contribution is 7.88. The first kappa shape index (κ1) is 16.7. The zero-order valence-electron chi connectivity index (χ0n) is 12.4. The monoisotopic (exact) mass is 329 g/mol. The molecule has 7 nitrogen and oxygen atoms in total. The first-order valence-electron chi connectivity index (χ1n) is 6.80. The summed E-state index contributed by atoms with van der Waals surface area (Å²) in [5.74, 6) is -0.931. The minimum Gasteiger partial charge on any atom is -0.497 e. The molecule has 0 bridgehead atoms. The number of sulfonamides is 1. The number of hydrogen-bond acceptors (Lipinski definition) is 5. The van der Waals surface area contributed by atoms with E-state index in [0.29, 0.717) is 11.3 Å². The van der Waals surface area contributed by atoms with E-state index >= 15 is 0 Å². The van der Waals surface area contributed by atoms with Crippen LogP contribution in [0.2, 0.25) is 0 Å². The van der Waals surface area contributed by atoms with Crippen molar-refractivity contribution in [3.05, 3.63) is 29.8 Å². The molecule has 1 aromatic rings. The number of methoxy groups -OCH3 is 1. The van der Waals surface area contributed by atoms with Crippen LogP contribution in [-0.4, -0.2) is 56.2 Å². The highest BCUT2D eigenvalue weighted by atomic mass is 32.2. The number of hydrogen-bond donors (Lipinski definition) is 1. The minimum atomic E-state index is -3.77. The summed E-state index contributed by atoms with van der Waals surface area (Å²) in [7, 11) is -2.27. The fourth-order valence-corrected chi connectivity index (χ4v) is 4.07. The van der Waals surface area contributed by atoms with Crippen molar-refractivity contribution >= 4 is 16.0 Å². The van der Waals surface area contributed by atoms with Gasteiger partial charge in [0, 0.05) is 6.54 Å². The fourth-order valence-electron chi connectivity index (χ4n) is 2.33. The van der Waals surface area contributed by atoms with Crippen LogP contribution in [-0.2, 0) is 25.3 Å². The molecule has 2 atom stereocenters. The zero-order valence-corrected chi connectivity index (χ0v) is 13.2. The van der Waals surface area contributed by atoms with Gasteiger partial charge in [0.05, 0.1) is 25.6 Å². The molecule has 0 radical (unpaired) electrons. The van der Waals surface area contributed by atoms with Crippen LogP contribution >= 0.6 is 0 Å². The van der Waals surface area contributed by atoms with Gasteiger partial charge in [-0.05, 0) is 24.6 Å². The third kappa shape index (κ3) is 3.76. The normalized spacial score (nSPS) is 23.2. The molecule has 2 rings (SSSR count). The predicted molar refractivity (Wildman–Crippen MR) is 79.2 cm³/mol. The van der Waals surface area contributed by atoms with Gasteiger partial charge in [-0.2, -0.15) is 4.31 Å². The number of carboxylic acids is 1. The molecule has 8 heteroatoms. The molecular weight excluding hydrogens is 310 g/mol. The highest BCUT2D eigenvalue weighted by Crippen LogP contribution is 2.21. The summed E-state index contributed by atoms with van der Waals surface area (Å²) < 4.78 is 36.5. The molecule has 0 amide bonds. The van der Waals surface area contributed by atoms with Crippen LogP contribution in [0.1, 0.15) is 12.5 Å². The third-order valence-corrected chi connectivity index (χ3v) is 5.27. The van der Waals surface area contributed by atoms with Crippen molar-refractivity contribution in [3.8, 4) is 5.75 Å². The van der Waals surface area contributed by atoms with E-state index in [1.54, 1.807) is 31.2 Å². The van der Waals surface area contributed by atoms with Crippen molar-refractivity contribution < 1.29 is 27.8 Å². The Morgan fingerprint density at radius 3 is 2.86 bits per heavy atom. The second-order valence-electron chi connectivity index (χ2n) is 5.18. The molecule has 1 fully saturated rings. The van der Waals surface area contributed by atoms with Gasteiger partial charge in [-0.3, -0.25) is 4.79 Å². The SMILES string of the molecule is COc1cccc(CS(=O)(=O)N2C[C@@H](C)OC[C@H]2C(=O)O)c1. The van der Waals surface area contributed by atoms with E-state index in [1.165, 1.54) is 7.11 Å². The molecule has 0 spiro atoms. The second kappa shape index (κ2) is 6.64. The molecule has 1 aromatic carbocycles. The summed E-state index contributed by atoms with van der Waals surface area (Å²) >= 11 is 0. The largest absolute Gasteiger partial charge is 0.497 e. The Hall–Kier alpha value is -1.64. The van der Waals surface area contributed by atoms with E-state index in [9.17, 15) is 18.3 Å². The van der Waals surface area contributed by atoms with Gasteiger partial charge in [-0.15, -0.1) is 0 Å². The Morgan fingerprint density at radius 2 is 2.23 bits per heavy atom. The van der Waals surface area contributed by atoms with Crippen LogP contribution in [0.4, 0.5) is 0 Å².